The molecule has 0 aliphatic carbocycles. The molecule has 0 aliphatic heterocycles. The second-order valence-corrected chi connectivity index (χ2v) is 4.31. The Morgan fingerprint density at radius 1 is 1.57 bits per heavy atom. The highest BCUT2D eigenvalue weighted by atomic mass is 35.5. The fourth-order valence-corrected chi connectivity index (χ4v) is 2.38. The van der Waals surface area contributed by atoms with Crippen molar-refractivity contribution >= 4 is 22.9 Å². The van der Waals surface area contributed by atoms with Crippen molar-refractivity contribution < 1.29 is 13.2 Å². The first-order chi connectivity index (χ1) is 6.31. The van der Waals surface area contributed by atoms with Gasteiger partial charge in [-0.2, -0.15) is 13.2 Å². The molecule has 80 valence electrons. The van der Waals surface area contributed by atoms with Gasteiger partial charge in [0.25, 0.3) is 0 Å². The number of aryl methyl sites for hydroxylation is 1. The van der Waals surface area contributed by atoms with E-state index in [-0.39, 0.29) is 0 Å². The molecule has 1 rings (SSSR count). The summed E-state index contributed by atoms with van der Waals surface area (Å²) >= 11 is 6.96. The highest BCUT2D eigenvalue weighted by Crippen LogP contribution is 2.36. The summed E-state index contributed by atoms with van der Waals surface area (Å²) in [5.74, 6) is 0. The van der Waals surface area contributed by atoms with E-state index in [0.29, 0.717) is 9.90 Å². The summed E-state index contributed by atoms with van der Waals surface area (Å²) in [4.78, 5) is 0.404. The zero-order valence-electron chi connectivity index (χ0n) is 7.36. The molecule has 0 saturated heterocycles. The molecule has 0 aliphatic rings. The van der Waals surface area contributed by atoms with Crippen LogP contribution in [0, 0.1) is 6.92 Å². The minimum atomic E-state index is -4.25. The van der Waals surface area contributed by atoms with Crippen LogP contribution in [0.15, 0.2) is 5.38 Å². The SMILES string of the molecule is Cc1csc([C@H](N)CC(F)(F)F)c1Cl. The number of alkyl halides is 3. The second-order valence-electron chi connectivity index (χ2n) is 3.02. The summed E-state index contributed by atoms with van der Waals surface area (Å²) in [7, 11) is 0. The summed E-state index contributed by atoms with van der Waals surface area (Å²) < 4.78 is 36.0. The van der Waals surface area contributed by atoms with Crippen LogP contribution < -0.4 is 5.73 Å². The van der Waals surface area contributed by atoms with E-state index in [9.17, 15) is 13.2 Å². The van der Waals surface area contributed by atoms with Gasteiger partial charge in [0.2, 0.25) is 0 Å². The molecule has 1 aromatic heterocycles. The van der Waals surface area contributed by atoms with Crippen LogP contribution in [-0.4, -0.2) is 6.18 Å². The predicted octanol–water partition coefficient (Wildman–Crippen LogP) is 3.66. The molecule has 0 bridgehead atoms. The van der Waals surface area contributed by atoms with E-state index in [1.54, 1.807) is 12.3 Å². The molecule has 0 aromatic carbocycles. The van der Waals surface area contributed by atoms with Gasteiger partial charge in [0, 0.05) is 10.9 Å². The maximum atomic E-state index is 12.0. The number of hydrogen-bond acceptors (Lipinski definition) is 2. The standard InChI is InChI=1S/C8H9ClF3NS/c1-4-3-14-7(6(4)9)5(13)2-8(10,11)12/h3,5H,2,13H2,1H3/t5-/m1/s1. The van der Waals surface area contributed by atoms with E-state index in [0.717, 1.165) is 5.56 Å². The van der Waals surface area contributed by atoms with Gasteiger partial charge in [-0.3, -0.25) is 0 Å². The first-order valence-electron chi connectivity index (χ1n) is 3.87. The lowest BCUT2D eigenvalue weighted by Crippen LogP contribution is -2.19. The number of rotatable bonds is 2. The van der Waals surface area contributed by atoms with Crippen LogP contribution in [0.25, 0.3) is 0 Å². The highest BCUT2D eigenvalue weighted by Gasteiger charge is 2.32. The van der Waals surface area contributed by atoms with Crippen LogP contribution in [-0.2, 0) is 0 Å². The van der Waals surface area contributed by atoms with Crippen LogP contribution in [0.4, 0.5) is 13.2 Å². The molecular formula is C8H9ClF3NS. The lowest BCUT2D eigenvalue weighted by Gasteiger charge is -2.12. The minimum absolute atomic E-state index is 0.353. The van der Waals surface area contributed by atoms with Crippen molar-refractivity contribution in [2.75, 3.05) is 0 Å². The molecule has 1 aromatic rings. The Bertz CT molecular complexity index is 321. The molecule has 0 spiro atoms. The van der Waals surface area contributed by atoms with E-state index in [2.05, 4.69) is 0 Å². The van der Waals surface area contributed by atoms with Gasteiger partial charge in [0.15, 0.2) is 0 Å². The van der Waals surface area contributed by atoms with Crippen molar-refractivity contribution in [3.05, 3.63) is 20.8 Å². The van der Waals surface area contributed by atoms with Gasteiger partial charge in [0.1, 0.15) is 0 Å². The first-order valence-corrected chi connectivity index (χ1v) is 5.13. The average molecular weight is 244 g/mol. The van der Waals surface area contributed by atoms with Gasteiger partial charge in [-0.15, -0.1) is 11.3 Å². The summed E-state index contributed by atoms with van der Waals surface area (Å²) in [5.41, 5.74) is 6.17. The second kappa shape index (κ2) is 4.08. The average Bonchev–Trinajstić information content (AvgIpc) is 2.29. The summed E-state index contributed by atoms with van der Waals surface area (Å²) in [5, 5.41) is 2.06. The minimum Gasteiger partial charge on any atom is -0.323 e. The molecule has 0 saturated carbocycles. The van der Waals surface area contributed by atoms with Gasteiger partial charge >= 0.3 is 6.18 Å². The Morgan fingerprint density at radius 2 is 2.14 bits per heavy atom. The first kappa shape index (κ1) is 11.8. The molecule has 0 amide bonds. The van der Waals surface area contributed by atoms with Crippen molar-refractivity contribution in [3.63, 3.8) is 0 Å². The fourth-order valence-electron chi connectivity index (χ4n) is 1.04. The Balaban J connectivity index is 2.80. The predicted molar refractivity (Wildman–Crippen MR) is 51.7 cm³/mol. The zero-order valence-corrected chi connectivity index (χ0v) is 8.93. The van der Waals surface area contributed by atoms with Gasteiger partial charge in [0.05, 0.1) is 11.4 Å². The van der Waals surface area contributed by atoms with Crippen LogP contribution in [0.3, 0.4) is 0 Å². The summed E-state index contributed by atoms with van der Waals surface area (Å²) in [6.07, 6.45) is -5.28. The van der Waals surface area contributed by atoms with Crippen molar-refractivity contribution in [1.29, 1.82) is 0 Å². The van der Waals surface area contributed by atoms with Crippen molar-refractivity contribution in [2.24, 2.45) is 5.73 Å². The van der Waals surface area contributed by atoms with E-state index < -0.39 is 18.6 Å². The van der Waals surface area contributed by atoms with Crippen molar-refractivity contribution in [3.8, 4) is 0 Å². The number of halogens is 4. The topological polar surface area (TPSA) is 26.0 Å². The molecule has 2 N–H and O–H groups in total. The van der Waals surface area contributed by atoms with E-state index in [1.807, 2.05) is 0 Å². The Hall–Kier alpha value is -0.260. The molecule has 1 atom stereocenters. The van der Waals surface area contributed by atoms with Crippen LogP contribution >= 0.6 is 22.9 Å². The third-order valence-electron chi connectivity index (χ3n) is 1.71. The van der Waals surface area contributed by atoms with E-state index in [4.69, 9.17) is 17.3 Å². The van der Waals surface area contributed by atoms with E-state index >= 15 is 0 Å². The van der Waals surface area contributed by atoms with Crippen LogP contribution in [0.5, 0.6) is 0 Å². The Morgan fingerprint density at radius 3 is 2.50 bits per heavy atom. The molecule has 0 radical (unpaired) electrons. The van der Waals surface area contributed by atoms with Gasteiger partial charge in [-0.05, 0) is 17.9 Å². The summed E-state index contributed by atoms with van der Waals surface area (Å²) in [6, 6.07) is -1.05. The molecule has 6 heteroatoms. The largest absolute Gasteiger partial charge is 0.390 e. The lowest BCUT2D eigenvalue weighted by atomic mass is 10.1. The third kappa shape index (κ3) is 2.87. The molecule has 0 fully saturated rings. The van der Waals surface area contributed by atoms with Gasteiger partial charge < -0.3 is 5.73 Å². The van der Waals surface area contributed by atoms with Crippen LogP contribution in [0.1, 0.15) is 22.9 Å². The van der Waals surface area contributed by atoms with Crippen molar-refractivity contribution in [2.45, 2.75) is 25.6 Å². The molecule has 14 heavy (non-hydrogen) atoms. The lowest BCUT2D eigenvalue weighted by molar-refractivity contribution is -0.138. The smallest absolute Gasteiger partial charge is 0.323 e. The fraction of sp³-hybridized carbons (Fsp3) is 0.500. The third-order valence-corrected chi connectivity index (χ3v) is 3.56. The Labute approximate surface area is 88.7 Å². The zero-order chi connectivity index (χ0) is 10.9. The maximum Gasteiger partial charge on any atom is 0.390 e. The van der Waals surface area contributed by atoms with E-state index in [1.165, 1.54) is 11.3 Å². The maximum absolute atomic E-state index is 12.0. The highest BCUT2D eigenvalue weighted by molar-refractivity contribution is 7.10. The molecule has 0 unspecified atom stereocenters. The van der Waals surface area contributed by atoms with Gasteiger partial charge in [-0.1, -0.05) is 11.6 Å². The summed E-state index contributed by atoms with van der Waals surface area (Å²) in [6.45, 7) is 1.74. The monoisotopic (exact) mass is 243 g/mol. The van der Waals surface area contributed by atoms with Crippen molar-refractivity contribution in [1.82, 2.24) is 0 Å². The normalized spacial score (nSPS) is 14.4. The quantitative estimate of drug-likeness (QED) is 0.843. The number of nitrogens with two attached hydrogens (primary N) is 1. The Kier molecular flexibility index (Phi) is 3.44. The molecule has 1 nitrogen and oxygen atoms in total. The number of thiophene rings is 1. The molecular weight excluding hydrogens is 235 g/mol. The molecule has 1 heterocycles. The number of hydrogen-bond donors (Lipinski definition) is 1. The van der Waals surface area contributed by atoms with Gasteiger partial charge in [-0.25, -0.2) is 0 Å². The van der Waals surface area contributed by atoms with Crippen LogP contribution in [0.2, 0.25) is 5.02 Å².